The van der Waals surface area contributed by atoms with E-state index in [1.165, 1.54) is 0 Å². The molecule has 6 nitrogen and oxygen atoms in total. The molecule has 0 saturated carbocycles. The molecule has 0 fully saturated rings. The number of aromatic nitrogens is 5. The smallest absolute Gasteiger partial charge is 0.138 e. The lowest BCUT2D eigenvalue weighted by Crippen LogP contribution is -1.90. The zero-order valence-corrected chi connectivity index (χ0v) is 10.5. The van der Waals surface area contributed by atoms with Crippen LogP contribution in [0, 0.1) is 0 Å². The molecule has 0 aliphatic rings. The van der Waals surface area contributed by atoms with Crippen molar-refractivity contribution in [3.05, 3.63) is 48.5 Å². The van der Waals surface area contributed by atoms with Gasteiger partial charge in [0.2, 0.25) is 0 Å². The molecule has 98 valence electrons. The first-order chi connectivity index (χ1) is 9.86. The molecule has 2 N–H and O–H groups in total. The topological polar surface area (TPSA) is 79.1 Å². The monoisotopic (exact) mass is 265 g/mol. The lowest BCUT2D eigenvalue weighted by molar-refractivity contribution is 0.278. The van der Waals surface area contributed by atoms with Gasteiger partial charge in [0, 0.05) is 29.0 Å². The van der Waals surface area contributed by atoms with Gasteiger partial charge in [-0.1, -0.05) is 0 Å². The number of H-pyrrole nitrogens is 1. The third-order valence-electron chi connectivity index (χ3n) is 3.35. The van der Waals surface area contributed by atoms with Crippen LogP contribution in [0.15, 0.2) is 42.9 Å². The summed E-state index contributed by atoms with van der Waals surface area (Å²) < 4.78 is 1.60. The quantitative estimate of drug-likeness (QED) is 0.579. The van der Waals surface area contributed by atoms with Crippen LogP contribution in [0.25, 0.3) is 27.7 Å². The Hall–Kier alpha value is -2.73. The highest BCUT2D eigenvalue weighted by Crippen LogP contribution is 2.30. The number of nitrogens with one attached hydrogen (secondary N) is 1. The molecular weight excluding hydrogens is 254 g/mol. The van der Waals surface area contributed by atoms with Crippen LogP contribution in [-0.4, -0.2) is 29.9 Å². The molecule has 0 spiro atoms. The van der Waals surface area contributed by atoms with Crippen LogP contribution in [0.4, 0.5) is 0 Å². The van der Waals surface area contributed by atoms with E-state index in [1.807, 2.05) is 24.3 Å². The van der Waals surface area contributed by atoms with Crippen LogP contribution >= 0.6 is 0 Å². The molecule has 0 amide bonds. The Morgan fingerprint density at radius 1 is 1.15 bits per heavy atom. The Labute approximate surface area is 113 Å². The van der Waals surface area contributed by atoms with E-state index in [1.54, 1.807) is 23.2 Å². The molecule has 0 bridgehead atoms. The van der Waals surface area contributed by atoms with E-state index in [0.29, 0.717) is 0 Å². The van der Waals surface area contributed by atoms with Crippen molar-refractivity contribution in [2.45, 2.75) is 6.61 Å². The van der Waals surface area contributed by atoms with Gasteiger partial charge in [0.05, 0.1) is 18.3 Å². The number of hydrogen-bond donors (Lipinski definition) is 2. The molecule has 6 heteroatoms. The number of rotatable bonds is 2. The molecule has 0 aliphatic carbocycles. The number of aromatic amines is 1. The van der Waals surface area contributed by atoms with Gasteiger partial charge < -0.3 is 10.1 Å². The number of hydrogen-bond acceptors (Lipinski definition) is 4. The van der Waals surface area contributed by atoms with E-state index in [-0.39, 0.29) is 6.61 Å². The summed E-state index contributed by atoms with van der Waals surface area (Å²) >= 11 is 0. The van der Waals surface area contributed by atoms with Crippen molar-refractivity contribution < 1.29 is 5.11 Å². The average Bonchev–Trinajstić information content (AvgIpc) is 3.10. The van der Waals surface area contributed by atoms with Crippen molar-refractivity contribution in [3.63, 3.8) is 0 Å². The third-order valence-corrected chi connectivity index (χ3v) is 3.35. The first kappa shape index (κ1) is 11.1. The molecule has 0 radical (unpaired) electrons. The molecule has 20 heavy (non-hydrogen) atoms. The summed E-state index contributed by atoms with van der Waals surface area (Å²) in [5, 5.41) is 18.6. The second-order valence-electron chi connectivity index (χ2n) is 4.53. The molecule has 0 aromatic carbocycles. The summed E-state index contributed by atoms with van der Waals surface area (Å²) in [5.41, 5.74) is 4.46. The van der Waals surface area contributed by atoms with E-state index in [4.69, 9.17) is 0 Å². The Morgan fingerprint density at radius 3 is 3.00 bits per heavy atom. The van der Waals surface area contributed by atoms with Gasteiger partial charge >= 0.3 is 0 Å². The minimum atomic E-state index is -0.0356. The number of fused-ring (bicyclic) bond motifs is 2. The molecule has 0 atom stereocenters. The minimum Gasteiger partial charge on any atom is -0.390 e. The standard InChI is InChI=1S/C14H11N5O/c20-8-9-6-11-10(3-5-15-14(11)18-9)12-7-17-19-13(12)2-1-4-16-19/h1-7,20H,8H2,(H,15,18). The van der Waals surface area contributed by atoms with Crippen molar-refractivity contribution in [3.8, 4) is 11.1 Å². The van der Waals surface area contributed by atoms with Crippen molar-refractivity contribution >= 4 is 16.6 Å². The lowest BCUT2D eigenvalue weighted by Gasteiger charge is -2.00. The maximum Gasteiger partial charge on any atom is 0.138 e. The molecule has 4 aromatic rings. The summed E-state index contributed by atoms with van der Waals surface area (Å²) in [6.45, 7) is -0.0356. The zero-order valence-electron chi connectivity index (χ0n) is 10.5. The fraction of sp³-hybridized carbons (Fsp3) is 0.0714. The molecule has 4 heterocycles. The summed E-state index contributed by atoms with van der Waals surface area (Å²) in [5.74, 6) is 0. The molecule has 0 saturated heterocycles. The van der Waals surface area contributed by atoms with Gasteiger partial charge in [0.15, 0.2) is 0 Å². The maximum absolute atomic E-state index is 9.25. The van der Waals surface area contributed by atoms with Crippen molar-refractivity contribution in [1.29, 1.82) is 0 Å². The van der Waals surface area contributed by atoms with Gasteiger partial charge in [0.1, 0.15) is 5.65 Å². The van der Waals surface area contributed by atoms with Gasteiger partial charge in [-0.25, -0.2) is 4.98 Å². The SMILES string of the molecule is OCc1cc2c(-c3cnn4ncccc34)ccnc2[nH]1. The summed E-state index contributed by atoms with van der Waals surface area (Å²) in [6.07, 6.45) is 5.24. The normalized spacial score (nSPS) is 11.4. The summed E-state index contributed by atoms with van der Waals surface area (Å²) in [4.78, 5) is 7.38. The van der Waals surface area contributed by atoms with Crippen molar-refractivity contribution in [1.82, 2.24) is 24.8 Å². The van der Waals surface area contributed by atoms with Crippen LogP contribution < -0.4 is 0 Å². The lowest BCUT2D eigenvalue weighted by atomic mass is 10.1. The third kappa shape index (κ3) is 1.52. The first-order valence-electron chi connectivity index (χ1n) is 6.23. The second kappa shape index (κ2) is 4.14. The summed E-state index contributed by atoms with van der Waals surface area (Å²) in [7, 11) is 0. The fourth-order valence-corrected chi connectivity index (χ4v) is 2.44. The minimum absolute atomic E-state index is 0.0356. The fourth-order valence-electron chi connectivity index (χ4n) is 2.44. The van der Waals surface area contributed by atoms with E-state index in [9.17, 15) is 5.11 Å². The number of aliphatic hydroxyl groups excluding tert-OH is 1. The maximum atomic E-state index is 9.25. The predicted molar refractivity (Wildman–Crippen MR) is 74.0 cm³/mol. The van der Waals surface area contributed by atoms with Gasteiger partial charge in [-0.3, -0.25) is 0 Å². The molecule has 0 aliphatic heterocycles. The van der Waals surface area contributed by atoms with Gasteiger partial charge in [-0.15, -0.1) is 0 Å². The van der Waals surface area contributed by atoms with E-state index >= 15 is 0 Å². The van der Waals surface area contributed by atoms with Gasteiger partial charge in [-0.2, -0.15) is 14.8 Å². The van der Waals surface area contributed by atoms with E-state index in [0.717, 1.165) is 33.4 Å². The van der Waals surface area contributed by atoms with E-state index in [2.05, 4.69) is 20.2 Å². The van der Waals surface area contributed by atoms with Crippen molar-refractivity contribution in [2.24, 2.45) is 0 Å². The largest absolute Gasteiger partial charge is 0.390 e. The number of aliphatic hydroxyl groups is 1. The summed E-state index contributed by atoms with van der Waals surface area (Å²) in [6, 6.07) is 7.72. The second-order valence-corrected chi connectivity index (χ2v) is 4.53. The Kier molecular flexibility index (Phi) is 2.30. The first-order valence-corrected chi connectivity index (χ1v) is 6.23. The number of pyridine rings is 1. The highest BCUT2D eigenvalue weighted by Gasteiger charge is 2.12. The van der Waals surface area contributed by atoms with Crippen LogP contribution in [-0.2, 0) is 6.61 Å². The number of nitrogens with zero attached hydrogens (tertiary/aromatic N) is 4. The molecule has 0 unspecified atom stereocenters. The van der Waals surface area contributed by atoms with Gasteiger partial charge in [0.25, 0.3) is 0 Å². The zero-order chi connectivity index (χ0) is 13.5. The van der Waals surface area contributed by atoms with Crippen LogP contribution in [0.2, 0.25) is 0 Å². The Bertz CT molecular complexity index is 908. The average molecular weight is 265 g/mol. The predicted octanol–water partition coefficient (Wildman–Crippen LogP) is 1.76. The highest BCUT2D eigenvalue weighted by atomic mass is 16.3. The van der Waals surface area contributed by atoms with E-state index < -0.39 is 0 Å². The molecule has 4 aromatic heterocycles. The molecular formula is C14H11N5O. The Morgan fingerprint density at radius 2 is 2.10 bits per heavy atom. The Balaban J connectivity index is 2.04. The molecule has 4 rings (SSSR count). The van der Waals surface area contributed by atoms with Crippen molar-refractivity contribution in [2.75, 3.05) is 0 Å². The highest BCUT2D eigenvalue weighted by molar-refractivity contribution is 5.97. The van der Waals surface area contributed by atoms with Crippen LogP contribution in [0.3, 0.4) is 0 Å². The van der Waals surface area contributed by atoms with Crippen LogP contribution in [0.1, 0.15) is 5.69 Å². The van der Waals surface area contributed by atoms with Gasteiger partial charge in [-0.05, 0) is 29.8 Å². The van der Waals surface area contributed by atoms with Crippen LogP contribution in [0.5, 0.6) is 0 Å².